The molecule has 1 heterocycles. The number of alkyl halides is 2. The van der Waals surface area contributed by atoms with E-state index in [9.17, 15) is 13.2 Å². The number of hydrogen-bond donors (Lipinski definition) is 0. The molecular weight excluding hydrogens is 330 g/mol. The first-order chi connectivity index (χ1) is 8.37. The van der Waals surface area contributed by atoms with Crippen LogP contribution in [-0.2, 0) is 6.54 Å². The molecule has 1 saturated heterocycles. The van der Waals surface area contributed by atoms with Crippen molar-refractivity contribution in [2.24, 2.45) is 0 Å². The summed E-state index contributed by atoms with van der Waals surface area (Å²) in [6, 6.07) is 2.84. The molecule has 0 spiro atoms. The van der Waals surface area contributed by atoms with Crippen molar-refractivity contribution in [3.05, 3.63) is 33.0 Å². The van der Waals surface area contributed by atoms with E-state index in [1.807, 2.05) is 4.90 Å². The van der Waals surface area contributed by atoms with Gasteiger partial charge in [-0.1, -0.05) is 11.6 Å². The van der Waals surface area contributed by atoms with Crippen LogP contribution in [0.1, 0.15) is 18.4 Å². The van der Waals surface area contributed by atoms with Crippen molar-refractivity contribution in [3.8, 4) is 0 Å². The van der Waals surface area contributed by atoms with Crippen LogP contribution in [0.25, 0.3) is 0 Å². The normalized spacial score (nSPS) is 20.1. The Morgan fingerprint density at radius 3 is 2.50 bits per heavy atom. The first-order valence-corrected chi connectivity index (χ1v) is 6.78. The number of benzene rings is 1. The van der Waals surface area contributed by atoms with Crippen molar-refractivity contribution >= 4 is 27.5 Å². The molecule has 0 atom stereocenters. The molecular formula is C12H12BrClF3N. The lowest BCUT2D eigenvalue weighted by molar-refractivity contribution is -0.0566. The van der Waals surface area contributed by atoms with Gasteiger partial charge in [-0.3, -0.25) is 4.90 Å². The average Bonchev–Trinajstić information content (AvgIpc) is 2.28. The van der Waals surface area contributed by atoms with Crippen LogP contribution in [-0.4, -0.2) is 23.9 Å². The Hall–Kier alpha value is -0.260. The zero-order valence-corrected chi connectivity index (χ0v) is 11.9. The third kappa shape index (κ3) is 3.39. The van der Waals surface area contributed by atoms with Crippen molar-refractivity contribution in [3.63, 3.8) is 0 Å². The molecule has 0 aromatic heterocycles. The predicted octanol–water partition coefficient (Wildman–Crippen LogP) is 4.47. The molecule has 0 amide bonds. The predicted molar refractivity (Wildman–Crippen MR) is 68.6 cm³/mol. The molecule has 0 aliphatic carbocycles. The summed E-state index contributed by atoms with van der Waals surface area (Å²) < 4.78 is 39.7. The van der Waals surface area contributed by atoms with E-state index >= 15 is 0 Å². The van der Waals surface area contributed by atoms with Crippen molar-refractivity contribution in [1.29, 1.82) is 0 Å². The lowest BCUT2D eigenvalue weighted by atomic mass is 10.1. The van der Waals surface area contributed by atoms with Crippen molar-refractivity contribution in [1.82, 2.24) is 4.90 Å². The molecule has 1 aromatic rings. The van der Waals surface area contributed by atoms with Gasteiger partial charge in [-0.2, -0.15) is 0 Å². The summed E-state index contributed by atoms with van der Waals surface area (Å²) in [5.74, 6) is -2.96. The van der Waals surface area contributed by atoms with Crippen LogP contribution >= 0.6 is 27.5 Å². The maximum Gasteiger partial charge on any atom is 0.250 e. The zero-order chi connectivity index (χ0) is 13.3. The minimum atomic E-state index is -2.56. The molecule has 18 heavy (non-hydrogen) atoms. The van der Waals surface area contributed by atoms with Crippen LogP contribution in [0.4, 0.5) is 13.2 Å². The van der Waals surface area contributed by atoms with Crippen molar-refractivity contribution in [2.75, 3.05) is 13.1 Å². The lowest BCUT2D eigenvalue weighted by Gasteiger charge is -2.31. The highest BCUT2D eigenvalue weighted by atomic mass is 79.9. The number of piperidine rings is 1. The maximum absolute atomic E-state index is 13.4. The molecule has 0 bridgehead atoms. The quantitative estimate of drug-likeness (QED) is 0.717. The summed E-state index contributed by atoms with van der Waals surface area (Å²) in [6.45, 7) is 1.02. The Balaban J connectivity index is 2.04. The Morgan fingerprint density at radius 1 is 1.28 bits per heavy atom. The Morgan fingerprint density at radius 2 is 1.89 bits per heavy atom. The van der Waals surface area contributed by atoms with Crippen LogP contribution in [0.2, 0.25) is 5.02 Å². The monoisotopic (exact) mass is 341 g/mol. The summed E-state index contributed by atoms with van der Waals surface area (Å²) in [5, 5.41) is 0.445. The number of halogens is 5. The summed E-state index contributed by atoms with van der Waals surface area (Å²) >= 11 is 9.05. The lowest BCUT2D eigenvalue weighted by Crippen LogP contribution is -2.38. The van der Waals surface area contributed by atoms with Gasteiger partial charge in [0.25, 0.3) is 5.92 Å². The Bertz CT molecular complexity index is 443. The highest BCUT2D eigenvalue weighted by molar-refractivity contribution is 9.10. The number of rotatable bonds is 2. The Kier molecular flexibility index (Phi) is 4.24. The van der Waals surface area contributed by atoms with Gasteiger partial charge in [0.2, 0.25) is 0 Å². The topological polar surface area (TPSA) is 3.24 Å². The molecule has 1 aliphatic rings. The van der Waals surface area contributed by atoms with Gasteiger partial charge in [0.1, 0.15) is 5.82 Å². The molecule has 1 fully saturated rings. The largest absolute Gasteiger partial charge is 0.299 e. The fourth-order valence-corrected chi connectivity index (χ4v) is 2.66. The molecule has 1 aromatic carbocycles. The van der Waals surface area contributed by atoms with Crippen LogP contribution in [0.5, 0.6) is 0 Å². The maximum atomic E-state index is 13.4. The molecule has 2 rings (SSSR count). The molecule has 1 nitrogen and oxygen atoms in total. The SMILES string of the molecule is Fc1cc(CN2CCC(F)(F)CC2)c(Cl)cc1Br. The second kappa shape index (κ2) is 5.39. The zero-order valence-electron chi connectivity index (χ0n) is 9.53. The molecule has 1 aliphatic heterocycles. The number of nitrogens with zero attached hydrogens (tertiary/aromatic N) is 1. The van der Waals surface area contributed by atoms with E-state index in [2.05, 4.69) is 15.9 Å². The van der Waals surface area contributed by atoms with Crippen LogP contribution in [0.15, 0.2) is 16.6 Å². The standard InChI is InChI=1S/C12H12BrClF3N/c13-9-6-10(14)8(5-11(9)15)7-18-3-1-12(16,17)2-4-18/h5-6H,1-4,7H2. The summed E-state index contributed by atoms with van der Waals surface area (Å²) in [7, 11) is 0. The third-order valence-electron chi connectivity index (χ3n) is 3.07. The van der Waals surface area contributed by atoms with Gasteiger partial charge < -0.3 is 0 Å². The number of hydrogen-bond acceptors (Lipinski definition) is 1. The van der Waals surface area contributed by atoms with Gasteiger partial charge in [-0.05, 0) is 33.6 Å². The van der Waals surface area contributed by atoms with E-state index in [1.54, 1.807) is 0 Å². The first-order valence-electron chi connectivity index (χ1n) is 5.61. The molecule has 100 valence electrons. The van der Waals surface area contributed by atoms with Gasteiger partial charge in [0.05, 0.1) is 4.47 Å². The Labute approximate surface area is 117 Å². The number of likely N-dealkylation sites (tertiary alicyclic amines) is 1. The fourth-order valence-electron chi connectivity index (χ4n) is 1.96. The van der Waals surface area contributed by atoms with E-state index in [0.29, 0.717) is 34.7 Å². The minimum absolute atomic E-state index is 0.149. The van der Waals surface area contributed by atoms with Gasteiger partial charge in [0.15, 0.2) is 0 Å². The second-order valence-corrected chi connectivity index (χ2v) is 5.75. The van der Waals surface area contributed by atoms with Crippen LogP contribution in [0.3, 0.4) is 0 Å². The van der Waals surface area contributed by atoms with Gasteiger partial charge >= 0.3 is 0 Å². The summed E-state index contributed by atoms with van der Waals surface area (Å²) in [6.07, 6.45) is -0.298. The highest BCUT2D eigenvalue weighted by Crippen LogP contribution is 2.30. The minimum Gasteiger partial charge on any atom is -0.299 e. The fraction of sp³-hybridized carbons (Fsp3) is 0.500. The average molecular weight is 343 g/mol. The van der Waals surface area contributed by atoms with Gasteiger partial charge in [0, 0.05) is 37.5 Å². The molecule has 0 saturated carbocycles. The second-order valence-electron chi connectivity index (χ2n) is 4.49. The summed E-state index contributed by atoms with van der Waals surface area (Å²) in [5.41, 5.74) is 0.627. The van der Waals surface area contributed by atoms with Crippen LogP contribution < -0.4 is 0 Å². The molecule has 0 unspecified atom stereocenters. The van der Waals surface area contributed by atoms with E-state index in [0.717, 1.165) is 0 Å². The molecule has 0 radical (unpaired) electrons. The van der Waals surface area contributed by atoms with Crippen LogP contribution in [0, 0.1) is 5.82 Å². The smallest absolute Gasteiger partial charge is 0.250 e. The molecule has 6 heteroatoms. The first kappa shape index (κ1) is 14.2. The van der Waals surface area contributed by atoms with E-state index in [-0.39, 0.29) is 12.8 Å². The van der Waals surface area contributed by atoms with Crippen molar-refractivity contribution < 1.29 is 13.2 Å². The molecule has 0 N–H and O–H groups in total. The van der Waals surface area contributed by atoms with E-state index in [1.165, 1.54) is 12.1 Å². The van der Waals surface area contributed by atoms with Gasteiger partial charge in [-0.25, -0.2) is 13.2 Å². The third-order valence-corrected chi connectivity index (χ3v) is 4.03. The van der Waals surface area contributed by atoms with E-state index < -0.39 is 11.7 Å². The van der Waals surface area contributed by atoms with Crippen molar-refractivity contribution in [2.45, 2.75) is 25.3 Å². The van der Waals surface area contributed by atoms with E-state index in [4.69, 9.17) is 11.6 Å². The highest BCUT2D eigenvalue weighted by Gasteiger charge is 2.33. The van der Waals surface area contributed by atoms with Gasteiger partial charge in [-0.15, -0.1) is 0 Å². The summed E-state index contributed by atoms with van der Waals surface area (Å²) in [4.78, 5) is 1.87.